The van der Waals surface area contributed by atoms with Gasteiger partial charge in [0.25, 0.3) is 0 Å². The van der Waals surface area contributed by atoms with Gasteiger partial charge in [0.1, 0.15) is 26.3 Å². The van der Waals surface area contributed by atoms with E-state index < -0.39 is 12.4 Å². The Morgan fingerprint density at radius 2 is 1.45 bits per heavy atom. The monoisotopic (exact) mass is 704 g/mol. The van der Waals surface area contributed by atoms with E-state index in [9.17, 15) is 9.59 Å². The van der Waals surface area contributed by atoms with Crippen LogP contribution in [0.2, 0.25) is 0 Å². The van der Waals surface area contributed by atoms with Crippen LogP contribution in [0.1, 0.15) is 122 Å². The van der Waals surface area contributed by atoms with Gasteiger partial charge in [0.2, 0.25) is 11.6 Å². The zero-order valence-electron chi connectivity index (χ0n) is 26.5. The molecule has 0 aromatic carbocycles. The lowest BCUT2D eigenvalue weighted by Crippen LogP contribution is -3.00. The Kier molecular flexibility index (Phi) is 23.1. The number of imide groups is 1. The van der Waals surface area contributed by atoms with Crippen molar-refractivity contribution >= 4 is 12.0 Å². The molecular weight excluding hydrogens is 647 g/mol. The fourth-order valence-corrected chi connectivity index (χ4v) is 5.05. The number of carbonyl (C=O) groups is 2. The largest absolute Gasteiger partial charge is 1.00 e. The Hall–Kier alpha value is -1.30. The third-order valence-corrected chi connectivity index (χ3v) is 7.68. The van der Waals surface area contributed by atoms with Crippen molar-refractivity contribution < 1.29 is 57.1 Å². The summed E-state index contributed by atoms with van der Waals surface area (Å²) in [4.78, 5) is 25.7. The Morgan fingerprint density at radius 3 is 2.00 bits per heavy atom. The lowest BCUT2D eigenvalue weighted by atomic mass is 10.0. The minimum atomic E-state index is -0.687. The zero-order valence-corrected chi connectivity index (χ0v) is 28.7. The molecule has 2 amide bonds. The van der Waals surface area contributed by atoms with Crippen molar-refractivity contribution in [2.75, 3.05) is 26.4 Å². The number of aromatic nitrogens is 1. The van der Waals surface area contributed by atoms with Crippen LogP contribution in [-0.2, 0) is 37.3 Å². The molecule has 1 saturated heterocycles. The molecule has 1 aromatic heterocycles. The highest BCUT2D eigenvalue weighted by Crippen LogP contribution is 2.15. The highest BCUT2D eigenvalue weighted by molar-refractivity contribution is 5.90. The van der Waals surface area contributed by atoms with Gasteiger partial charge in [-0.25, -0.2) is 14.3 Å². The number of halogens is 1. The fraction of sp³-hybridized carbons (Fsp3) is 0.788. The van der Waals surface area contributed by atoms with E-state index in [0.29, 0.717) is 19.8 Å². The molecule has 9 heteroatoms. The van der Waals surface area contributed by atoms with Crippen LogP contribution in [0.3, 0.4) is 0 Å². The van der Waals surface area contributed by atoms with Gasteiger partial charge in [-0.2, -0.15) is 0 Å². The molecule has 2 atom stereocenters. The third kappa shape index (κ3) is 17.7. The molecule has 0 spiro atoms. The van der Waals surface area contributed by atoms with Crippen molar-refractivity contribution in [3.05, 3.63) is 30.1 Å². The molecule has 2 heterocycles. The zero-order chi connectivity index (χ0) is 29.5. The van der Waals surface area contributed by atoms with E-state index in [1.54, 1.807) is 0 Å². The van der Waals surface area contributed by atoms with Crippen molar-refractivity contribution in [3.8, 4) is 0 Å². The average Bonchev–Trinajstić information content (AvgIpc) is 3.42. The van der Waals surface area contributed by atoms with Gasteiger partial charge in [-0.1, -0.05) is 109 Å². The highest BCUT2D eigenvalue weighted by atomic mass is 127. The van der Waals surface area contributed by atoms with Crippen LogP contribution in [0.15, 0.2) is 24.4 Å². The van der Waals surface area contributed by atoms with Crippen LogP contribution < -0.4 is 28.5 Å². The SMILES string of the molecule is CCCCCCCCCCCCCCCCCCOCC1OCC(COC(=O)N(Cc2cccc[n+]2C)C(C)=O)O1.[I-]. The standard InChI is InChI=1S/C33H57N2O6.HI/c1-4-5-6-7-8-9-10-11-12-13-14-15-16-17-18-21-24-38-28-32-39-26-31(41-32)27-40-33(37)35(29(2)36)25-30-22-19-20-23-34(30)3;/h19-20,22-23,31-32H,4-18,21,24-28H2,1-3H3;1H/q+1;/p-1. The minimum Gasteiger partial charge on any atom is -1.00 e. The summed E-state index contributed by atoms with van der Waals surface area (Å²) in [7, 11) is 1.87. The quantitative estimate of drug-likeness (QED) is 0.0974. The molecule has 0 bridgehead atoms. The van der Waals surface area contributed by atoms with E-state index in [2.05, 4.69) is 6.92 Å². The van der Waals surface area contributed by atoms with Crippen LogP contribution in [0.25, 0.3) is 0 Å². The van der Waals surface area contributed by atoms with Gasteiger partial charge in [-0.15, -0.1) is 0 Å². The minimum absolute atomic E-state index is 0. The lowest BCUT2D eigenvalue weighted by molar-refractivity contribution is -0.679. The molecule has 8 nitrogen and oxygen atoms in total. The topological polar surface area (TPSA) is 78.2 Å². The summed E-state index contributed by atoms with van der Waals surface area (Å²) in [6.45, 7) is 5.20. The van der Waals surface area contributed by atoms with E-state index in [-0.39, 0.29) is 49.1 Å². The van der Waals surface area contributed by atoms with Gasteiger partial charge >= 0.3 is 6.09 Å². The number of hydrogen-bond donors (Lipinski definition) is 0. The molecule has 0 saturated carbocycles. The molecule has 2 rings (SSSR count). The second kappa shape index (κ2) is 25.1. The number of rotatable bonds is 23. The first-order valence-electron chi connectivity index (χ1n) is 16.2. The molecule has 1 aliphatic heterocycles. The number of amides is 2. The fourth-order valence-electron chi connectivity index (χ4n) is 5.05. The normalized spacial score (nSPS) is 16.3. The van der Waals surface area contributed by atoms with Crippen LogP contribution in [-0.4, -0.2) is 55.7 Å². The molecule has 0 aliphatic carbocycles. The number of unbranched alkanes of at least 4 members (excludes halogenated alkanes) is 15. The number of ether oxygens (including phenoxy) is 4. The Morgan fingerprint density at radius 1 is 0.881 bits per heavy atom. The van der Waals surface area contributed by atoms with Gasteiger partial charge in [-0.05, 0) is 6.42 Å². The molecular formula is C33H57IN2O6. The van der Waals surface area contributed by atoms with Crippen LogP contribution in [0, 0.1) is 0 Å². The van der Waals surface area contributed by atoms with Crippen molar-refractivity contribution in [2.45, 2.75) is 136 Å². The lowest BCUT2D eigenvalue weighted by Gasteiger charge is -2.18. The number of nitrogens with zero attached hydrogens (tertiary/aromatic N) is 2. The first-order valence-corrected chi connectivity index (χ1v) is 16.2. The van der Waals surface area contributed by atoms with Crippen molar-refractivity contribution in [3.63, 3.8) is 0 Å². The summed E-state index contributed by atoms with van der Waals surface area (Å²) in [6.07, 6.45) is 22.0. The number of pyridine rings is 1. The summed E-state index contributed by atoms with van der Waals surface area (Å²) in [5.74, 6) is -0.372. The first kappa shape index (κ1) is 38.7. The van der Waals surface area contributed by atoms with Crippen molar-refractivity contribution in [1.82, 2.24) is 4.90 Å². The average molecular weight is 705 g/mol. The highest BCUT2D eigenvalue weighted by Gasteiger charge is 2.29. The third-order valence-electron chi connectivity index (χ3n) is 7.68. The predicted octanol–water partition coefficient (Wildman–Crippen LogP) is 4.02. The molecule has 0 radical (unpaired) electrons. The van der Waals surface area contributed by atoms with E-state index in [0.717, 1.165) is 17.0 Å². The summed E-state index contributed by atoms with van der Waals surface area (Å²) in [5, 5.41) is 0. The number of aryl methyl sites for hydroxylation is 1. The predicted molar refractivity (Wildman–Crippen MR) is 160 cm³/mol. The molecule has 1 fully saturated rings. The maximum Gasteiger partial charge on any atom is 0.417 e. The van der Waals surface area contributed by atoms with Crippen LogP contribution in [0.5, 0.6) is 0 Å². The maximum absolute atomic E-state index is 12.5. The first-order chi connectivity index (χ1) is 20.0. The molecule has 1 aromatic rings. The summed E-state index contributed by atoms with van der Waals surface area (Å²) < 4.78 is 24.4. The Balaban J connectivity index is 0.00000882. The van der Waals surface area contributed by atoms with Crippen molar-refractivity contribution in [1.29, 1.82) is 0 Å². The molecule has 1 aliphatic rings. The number of carbonyl (C=O) groups excluding carboxylic acids is 2. The second-order valence-electron chi connectivity index (χ2n) is 11.4. The van der Waals surface area contributed by atoms with E-state index >= 15 is 0 Å². The molecule has 242 valence electrons. The summed E-state index contributed by atoms with van der Waals surface area (Å²) in [6, 6.07) is 5.62. The van der Waals surface area contributed by atoms with Gasteiger partial charge in [0.15, 0.2) is 12.5 Å². The summed E-state index contributed by atoms with van der Waals surface area (Å²) in [5.41, 5.74) is 0.821. The van der Waals surface area contributed by atoms with E-state index in [4.69, 9.17) is 18.9 Å². The Bertz CT molecular complexity index is 843. The van der Waals surface area contributed by atoms with Crippen molar-refractivity contribution in [2.24, 2.45) is 7.05 Å². The number of hydrogen-bond acceptors (Lipinski definition) is 6. The second-order valence-corrected chi connectivity index (χ2v) is 11.4. The van der Waals surface area contributed by atoms with Crippen LogP contribution in [0.4, 0.5) is 4.79 Å². The Labute approximate surface area is 272 Å². The van der Waals surface area contributed by atoms with Gasteiger partial charge in [-0.3, -0.25) is 4.79 Å². The molecule has 42 heavy (non-hydrogen) atoms. The van der Waals surface area contributed by atoms with Crippen LogP contribution >= 0.6 is 0 Å². The molecule has 0 N–H and O–H groups in total. The van der Waals surface area contributed by atoms with Gasteiger partial charge < -0.3 is 42.9 Å². The van der Waals surface area contributed by atoms with Gasteiger partial charge in [0.05, 0.1) is 13.2 Å². The van der Waals surface area contributed by atoms with E-state index in [1.807, 2.05) is 36.0 Å². The maximum atomic E-state index is 12.5. The molecule has 2 unspecified atom stereocenters. The van der Waals surface area contributed by atoms with Gasteiger partial charge in [0, 0.05) is 25.7 Å². The smallest absolute Gasteiger partial charge is 0.417 e. The van der Waals surface area contributed by atoms with E-state index in [1.165, 1.54) is 103 Å². The summed E-state index contributed by atoms with van der Waals surface area (Å²) >= 11 is 0.